The van der Waals surface area contributed by atoms with Gasteiger partial charge in [0.25, 0.3) is 11.6 Å². The first-order chi connectivity index (χ1) is 13.3. The molecule has 0 aromatic heterocycles. The van der Waals surface area contributed by atoms with E-state index in [0.717, 1.165) is 17.0 Å². The summed E-state index contributed by atoms with van der Waals surface area (Å²) in [7, 11) is 0. The van der Waals surface area contributed by atoms with Gasteiger partial charge in [0.05, 0.1) is 9.95 Å². The maximum Gasteiger partial charge on any atom is 0.282 e. The fourth-order valence-corrected chi connectivity index (χ4v) is 3.27. The quantitative estimate of drug-likeness (QED) is 0.528. The molecular weight excluding hydrogens is 412 g/mol. The number of nitro groups is 1. The van der Waals surface area contributed by atoms with Crippen LogP contribution >= 0.6 is 23.2 Å². The Morgan fingerprint density at radius 1 is 1.25 bits per heavy atom. The summed E-state index contributed by atoms with van der Waals surface area (Å²) >= 11 is 11.8. The summed E-state index contributed by atoms with van der Waals surface area (Å²) in [6, 6.07) is 7.25. The summed E-state index contributed by atoms with van der Waals surface area (Å²) < 4.78 is 13.6. The van der Waals surface area contributed by atoms with Gasteiger partial charge in [0.15, 0.2) is 0 Å². The fourth-order valence-electron chi connectivity index (χ4n) is 2.92. The van der Waals surface area contributed by atoms with Crippen molar-refractivity contribution in [1.82, 2.24) is 4.90 Å². The third-order valence-corrected chi connectivity index (χ3v) is 4.85. The number of rotatable bonds is 5. The van der Waals surface area contributed by atoms with E-state index in [-0.39, 0.29) is 33.9 Å². The topological polar surface area (TPSA) is 83.8 Å². The Balaban J connectivity index is 2.06. The summed E-state index contributed by atoms with van der Waals surface area (Å²) in [6.45, 7) is 0.290. The van der Waals surface area contributed by atoms with Crippen molar-refractivity contribution in [3.05, 3.63) is 67.9 Å². The zero-order valence-corrected chi connectivity index (χ0v) is 15.9. The van der Waals surface area contributed by atoms with Gasteiger partial charge in [-0.15, -0.1) is 0 Å². The molecule has 2 aromatic carbocycles. The summed E-state index contributed by atoms with van der Waals surface area (Å²) in [5.41, 5.74) is -0.477. The number of nitro benzene ring substituents is 1. The Morgan fingerprint density at radius 3 is 2.61 bits per heavy atom. The molecule has 0 atom stereocenters. The zero-order valence-electron chi connectivity index (χ0n) is 14.4. The number of carbonyl (C=O) groups is 2. The molecule has 0 aliphatic carbocycles. The average Bonchev–Trinajstić information content (AvgIpc) is 3.06. The average molecular weight is 426 g/mol. The van der Waals surface area contributed by atoms with Crippen LogP contribution in [0.3, 0.4) is 0 Å². The second-order valence-electron chi connectivity index (χ2n) is 6.15. The van der Waals surface area contributed by atoms with Crippen LogP contribution in [0.2, 0.25) is 10.0 Å². The van der Waals surface area contributed by atoms with Crippen LogP contribution < -0.4 is 4.90 Å². The lowest BCUT2D eigenvalue weighted by atomic mass is 10.1. The lowest BCUT2D eigenvalue weighted by Crippen LogP contribution is -2.42. The van der Waals surface area contributed by atoms with Gasteiger partial charge in [0.1, 0.15) is 18.0 Å². The third kappa shape index (κ3) is 4.07. The van der Waals surface area contributed by atoms with Gasteiger partial charge >= 0.3 is 0 Å². The van der Waals surface area contributed by atoms with Gasteiger partial charge in [0.2, 0.25) is 5.91 Å². The van der Waals surface area contributed by atoms with Crippen molar-refractivity contribution >= 4 is 46.4 Å². The molecule has 28 heavy (non-hydrogen) atoms. The van der Waals surface area contributed by atoms with Crippen molar-refractivity contribution in [2.24, 2.45) is 0 Å². The standard InChI is InChI=1S/C18H14Cl2FN3O4/c19-11-3-6-16(24(27)28)13(8-11)18(26)23(10-22-7-1-2-17(22)25)12-4-5-15(21)14(20)9-12/h3-6,8-9H,1-2,7,10H2. The second kappa shape index (κ2) is 8.12. The lowest BCUT2D eigenvalue weighted by Gasteiger charge is -2.28. The minimum atomic E-state index is -0.753. The molecule has 7 nitrogen and oxygen atoms in total. The number of amides is 2. The Labute approximate surface area is 169 Å². The minimum absolute atomic E-state index is 0.142. The molecule has 2 amide bonds. The minimum Gasteiger partial charge on any atom is -0.324 e. The van der Waals surface area contributed by atoms with E-state index in [0.29, 0.717) is 19.4 Å². The molecule has 1 heterocycles. The van der Waals surface area contributed by atoms with E-state index in [4.69, 9.17) is 23.2 Å². The van der Waals surface area contributed by atoms with Crippen molar-refractivity contribution in [3.63, 3.8) is 0 Å². The van der Waals surface area contributed by atoms with Gasteiger partial charge in [-0.25, -0.2) is 4.39 Å². The predicted octanol–water partition coefficient (Wildman–Crippen LogP) is 4.27. The second-order valence-corrected chi connectivity index (χ2v) is 7.00. The molecule has 10 heteroatoms. The largest absolute Gasteiger partial charge is 0.324 e. The van der Waals surface area contributed by atoms with Gasteiger partial charge in [-0.05, 0) is 36.8 Å². The van der Waals surface area contributed by atoms with Crippen molar-refractivity contribution < 1.29 is 18.9 Å². The Bertz CT molecular complexity index is 970. The molecule has 0 unspecified atom stereocenters. The van der Waals surface area contributed by atoms with Gasteiger partial charge in [0, 0.05) is 29.7 Å². The highest BCUT2D eigenvalue weighted by Crippen LogP contribution is 2.29. The Morgan fingerprint density at radius 2 is 2.00 bits per heavy atom. The molecule has 0 N–H and O–H groups in total. The third-order valence-electron chi connectivity index (χ3n) is 4.33. The fraction of sp³-hybridized carbons (Fsp3) is 0.222. The maximum absolute atomic E-state index is 13.6. The summed E-state index contributed by atoms with van der Waals surface area (Å²) in [5, 5.41) is 11.3. The molecule has 0 spiro atoms. The molecule has 1 saturated heterocycles. The zero-order chi connectivity index (χ0) is 20.4. The SMILES string of the molecule is O=C1CCCN1CN(C(=O)c1cc(Cl)ccc1[N+](=O)[O-])c1ccc(F)c(Cl)c1. The number of hydrogen-bond acceptors (Lipinski definition) is 4. The molecule has 1 aliphatic rings. The Hall–Kier alpha value is -2.71. The molecule has 3 rings (SSSR count). The number of anilines is 1. The van der Waals surface area contributed by atoms with Crippen LogP contribution in [0.1, 0.15) is 23.2 Å². The highest BCUT2D eigenvalue weighted by molar-refractivity contribution is 6.31. The monoisotopic (exact) mass is 425 g/mol. The van der Waals surface area contributed by atoms with E-state index in [1.165, 1.54) is 29.2 Å². The van der Waals surface area contributed by atoms with Gasteiger partial charge in [-0.2, -0.15) is 0 Å². The van der Waals surface area contributed by atoms with Gasteiger partial charge in [-0.3, -0.25) is 24.6 Å². The molecule has 0 radical (unpaired) electrons. The number of halogens is 3. The molecule has 2 aromatic rings. The lowest BCUT2D eigenvalue weighted by molar-refractivity contribution is -0.385. The molecule has 0 saturated carbocycles. The molecular formula is C18H14Cl2FN3O4. The van der Waals surface area contributed by atoms with Crippen molar-refractivity contribution in [2.75, 3.05) is 18.1 Å². The number of hydrogen-bond donors (Lipinski definition) is 0. The van der Waals surface area contributed by atoms with Crippen molar-refractivity contribution in [3.8, 4) is 0 Å². The van der Waals surface area contributed by atoms with E-state index in [1.807, 2.05) is 0 Å². The number of nitrogens with zero attached hydrogens (tertiary/aromatic N) is 3. The molecule has 146 valence electrons. The number of benzene rings is 2. The van der Waals surface area contributed by atoms with E-state index in [1.54, 1.807) is 0 Å². The highest BCUT2D eigenvalue weighted by atomic mass is 35.5. The Kier molecular flexibility index (Phi) is 5.81. The van der Waals surface area contributed by atoms with E-state index >= 15 is 0 Å². The maximum atomic E-state index is 13.6. The van der Waals surface area contributed by atoms with Crippen LogP contribution in [0.25, 0.3) is 0 Å². The van der Waals surface area contributed by atoms with Crippen LogP contribution in [0.5, 0.6) is 0 Å². The van der Waals surface area contributed by atoms with E-state index < -0.39 is 22.3 Å². The first kappa shape index (κ1) is 20.0. The van der Waals surface area contributed by atoms with Crippen molar-refractivity contribution in [2.45, 2.75) is 12.8 Å². The summed E-state index contributed by atoms with van der Waals surface area (Å²) in [4.78, 5) is 38.5. The van der Waals surface area contributed by atoms with Crippen molar-refractivity contribution in [1.29, 1.82) is 0 Å². The highest BCUT2D eigenvalue weighted by Gasteiger charge is 2.30. The van der Waals surface area contributed by atoms with Crippen LogP contribution in [0.4, 0.5) is 15.8 Å². The first-order valence-electron chi connectivity index (χ1n) is 8.26. The van der Waals surface area contributed by atoms with Gasteiger partial charge < -0.3 is 4.90 Å². The molecule has 1 aliphatic heterocycles. The van der Waals surface area contributed by atoms with E-state index in [9.17, 15) is 24.1 Å². The normalized spacial score (nSPS) is 13.7. The van der Waals surface area contributed by atoms with Gasteiger partial charge in [-0.1, -0.05) is 23.2 Å². The summed E-state index contributed by atoms with van der Waals surface area (Å²) in [5.74, 6) is -1.58. The summed E-state index contributed by atoms with van der Waals surface area (Å²) in [6.07, 6.45) is 0.992. The van der Waals surface area contributed by atoms with Crippen LogP contribution in [0, 0.1) is 15.9 Å². The molecule has 1 fully saturated rings. The predicted molar refractivity (Wildman–Crippen MR) is 102 cm³/mol. The number of carbonyl (C=O) groups excluding carboxylic acids is 2. The molecule has 0 bridgehead atoms. The van der Waals surface area contributed by atoms with E-state index in [2.05, 4.69) is 0 Å². The number of likely N-dealkylation sites (tertiary alicyclic amines) is 1. The van der Waals surface area contributed by atoms with Crippen LogP contribution in [0.15, 0.2) is 36.4 Å². The first-order valence-corrected chi connectivity index (χ1v) is 9.02. The van der Waals surface area contributed by atoms with Crippen LogP contribution in [-0.4, -0.2) is 34.9 Å². The van der Waals surface area contributed by atoms with Crippen LogP contribution in [-0.2, 0) is 4.79 Å². The smallest absolute Gasteiger partial charge is 0.282 e.